The molecular formula is C23H25Cl2N2O2S+. The highest BCUT2D eigenvalue weighted by Crippen LogP contribution is 2.36. The van der Waals surface area contributed by atoms with E-state index < -0.39 is 0 Å². The maximum absolute atomic E-state index is 12.7. The largest absolute Gasteiger partial charge is 0.486 e. The van der Waals surface area contributed by atoms with Gasteiger partial charge in [-0.1, -0.05) is 35.3 Å². The van der Waals surface area contributed by atoms with Gasteiger partial charge in [0.1, 0.15) is 18.9 Å². The van der Waals surface area contributed by atoms with Crippen molar-refractivity contribution in [2.45, 2.75) is 19.0 Å². The lowest BCUT2D eigenvalue weighted by atomic mass is 10.1. The number of fused-ring (bicyclic) bond motifs is 1. The van der Waals surface area contributed by atoms with Crippen LogP contribution in [0, 0.1) is 0 Å². The van der Waals surface area contributed by atoms with Crippen molar-refractivity contribution in [3.8, 4) is 5.75 Å². The van der Waals surface area contributed by atoms with Crippen molar-refractivity contribution < 1.29 is 14.0 Å². The third-order valence-electron chi connectivity index (χ3n) is 5.73. The van der Waals surface area contributed by atoms with Crippen LogP contribution in [-0.2, 0) is 11.3 Å². The molecule has 4 nitrogen and oxygen atoms in total. The molecule has 2 aliphatic rings. The molecule has 2 aliphatic heterocycles. The quantitative estimate of drug-likeness (QED) is 0.595. The Morgan fingerprint density at radius 3 is 2.70 bits per heavy atom. The normalized spacial score (nSPS) is 18.4. The number of anilines is 1. The van der Waals surface area contributed by atoms with E-state index in [1.807, 2.05) is 23.9 Å². The molecule has 0 saturated carbocycles. The summed E-state index contributed by atoms with van der Waals surface area (Å²) < 4.78 is 6.67. The predicted molar refractivity (Wildman–Crippen MR) is 127 cm³/mol. The van der Waals surface area contributed by atoms with E-state index in [9.17, 15) is 4.79 Å². The highest BCUT2D eigenvalue weighted by molar-refractivity contribution is 7.99. The molecule has 158 valence electrons. The first-order valence-electron chi connectivity index (χ1n) is 9.95. The number of nitrogens with one attached hydrogen (secondary N) is 1. The molecule has 2 aromatic rings. The average molecular weight is 464 g/mol. The zero-order valence-corrected chi connectivity index (χ0v) is 19.4. The number of amides is 1. The van der Waals surface area contributed by atoms with E-state index in [4.69, 9.17) is 27.9 Å². The molecule has 1 fully saturated rings. The van der Waals surface area contributed by atoms with Gasteiger partial charge in [0, 0.05) is 34.0 Å². The second kappa shape index (κ2) is 8.83. The van der Waals surface area contributed by atoms with Gasteiger partial charge in [-0.15, -0.1) is 0 Å². The fourth-order valence-corrected chi connectivity index (χ4v) is 5.94. The van der Waals surface area contributed by atoms with Crippen molar-refractivity contribution in [2.75, 3.05) is 37.5 Å². The molecule has 2 heterocycles. The number of nitrogens with zero attached hydrogens (tertiary/aromatic N) is 1. The number of thioether (sulfide) groups is 1. The lowest BCUT2D eigenvalue weighted by Gasteiger charge is -2.35. The number of halogens is 2. The number of carbonyl (C=O) groups excluding carboxylic acids is 1. The maximum atomic E-state index is 12.7. The fraction of sp³-hybridized carbons (Fsp3) is 0.348. The van der Waals surface area contributed by atoms with Crippen LogP contribution in [0.3, 0.4) is 0 Å². The van der Waals surface area contributed by atoms with Crippen molar-refractivity contribution >= 4 is 52.6 Å². The van der Waals surface area contributed by atoms with Gasteiger partial charge in [0.2, 0.25) is 0 Å². The highest BCUT2D eigenvalue weighted by atomic mass is 35.5. The first-order chi connectivity index (χ1) is 14.3. The molecule has 7 heteroatoms. The Morgan fingerprint density at radius 2 is 2.00 bits per heavy atom. The summed E-state index contributed by atoms with van der Waals surface area (Å²) in [5.41, 5.74) is 3.28. The molecular weight excluding hydrogens is 439 g/mol. The Balaban J connectivity index is 1.42. The molecule has 1 unspecified atom stereocenters. The summed E-state index contributed by atoms with van der Waals surface area (Å²) in [6, 6.07) is 12.2. The summed E-state index contributed by atoms with van der Waals surface area (Å²) in [5.74, 6) is 2.87. The van der Waals surface area contributed by atoms with E-state index in [2.05, 4.69) is 31.5 Å². The highest BCUT2D eigenvalue weighted by Gasteiger charge is 2.31. The van der Waals surface area contributed by atoms with Gasteiger partial charge in [0.05, 0.1) is 30.7 Å². The Morgan fingerprint density at radius 1 is 1.23 bits per heavy atom. The van der Waals surface area contributed by atoms with Crippen molar-refractivity contribution in [2.24, 2.45) is 0 Å². The van der Waals surface area contributed by atoms with E-state index in [1.54, 1.807) is 18.2 Å². The molecule has 30 heavy (non-hydrogen) atoms. The molecule has 1 amide bonds. The predicted octanol–water partition coefficient (Wildman–Crippen LogP) is 5.49. The van der Waals surface area contributed by atoms with Gasteiger partial charge >= 0.3 is 0 Å². The first-order valence-corrected chi connectivity index (χ1v) is 11.9. The summed E-state index contributed by atoms with van der Waals surface area (Å²) in [7, 11) is 4.61. The van der Waals surface area contributed by atoms with Crippen molar-refractivity contribution in [1.29, 1.82) is 0 Å². The van der Waals surface area contributed by atoms with Crippen LogP contribution in [0.5, 0.6) is 5.75 Å². The molecule has 4 rings (SSSR count). The second-order valence-electron chi connectivity index (χ2n) is 8.37. The number of benzene rings is 2. The topological polar surface area (TPSA) is 38.3 Å². The first kappa shape index (κ1) is 21.6. The summed E-state index contributed by atoms with van der Waals surface area (Å²) in [5, 5.41) is 3.91. The van der Waals surface area contributed by atoms with Gasteiger partial charge < -0.3 is 14.5 Å². The van der Waals surface area contributed by atoms with Crippen LogP contribution in [0.25, 0.3) is 6.08 Å². The minimum atomic E-state index is -0.191. The number of rotatable bonds is 5. The van der Waals surface area contributed by atoms with E-state index in [0.29, 0.717) is 33.0 Å². The Labute approximate surface area is 191 Å². The minimum Gasteiger partial charge on any atom is -0.486 e. The van der Waals surface area contributed by atoms with Gasteiger partial charge in [0.25, 0.3) is 5.91 Å². The van der Waals surface area contributed by atoms with Crippen LogP contribution in [-0.4, -0.2) is 48.6 Å². The van der Waals surface area contributed by atoms with Gasteiger partial charge in [-0.3, -0.25) is 4.79 Å². The third kappa shape index (κ3) is 4.80. The molecule has 1 saturated heterocycles. The number of hydrogen-bond acceptors (Lipinski definition) is 3. The molecule has 1 N–H and O–H groups in total. The van der Waals surface area contributed by atoms with E-state index >= 15 is 0 Å². The van der Waals surface area contributed by atoms with Crippen LogP contribution in [0.2, 0.25) is 10.0 Å². The van der Waals surface area contributed by atoms with Crippen LogP contribution >= 0.6 is 35.0 Å². The van der Waals surface area contributed by atoms with Gasteiger partial charge in [0.15, 0.2) is 0 Å². The average Bonchev–Trinajstić information content (AvgIpc) is 3.24. The zero-order valence-electron chi connectivity index (χ0n) is 17.1. The Bertz CT molecular complexity index is 983. The number of quaternary nitrogens is 1. The monoisotopic (exact) mass is 463 g/mol. The second-order valence-corrected chi connectivity index (χ2v) is 10.4. The summed E-state index contributed by atoms with van der Waals surface area (Å²) >= 11 is 14.3. The summed E-state index contributed by atoms with van der Waals surface area (Å²) in [6.45, 7) is 1.15. The minimum absolute atomic E-state index is 0.170. The molecule has 2 aromatic carbocycles. The van der Waals surface area contributed by atoms with E-state index in [0.717, 1.165) is 16.7 Å². The maximum Gasteiger partial charge on any atom is 0.255 e. The SMILES string of the molecule is C[N+](C)(Cc1ccc(NC(=O)C2=Cc3cc(Cl)cc(Cl)c3OC2)cc1)C1CCSC1. The van der Waals surface area contributed by atoms with Crippen molar-refractivity contribution in [3.63, 3.8) is 0 Å². The smallest absolute Gasteiger partial charge is 0.255 e. The van der Waals surface area contributed by atoms with Crippen LogP contribution < -0.4 is 10.1 Å². The van der Waals surface area contributed by atoms with Crippen LogP contribution in [0.15, 0.2) is 42.0 Å². The molecule has 0 spiro atoms. The van der Waals surface area contributed by atoms with Crippen molar-refractivity contribution in [1.82, 2.24) is 0 Å². The van der Waals surface area contributed by atoms with E-state index in [1.165, 1.54) is 23.5 Å². The van der Waals surface area contributed by atoms with E-state index in [-0.39, 0.29) is 12.5 Å². The van der Waals surface area contributed by atoms with Gasteiger partial charge in [-0.25, -0.2) is 0 Å². The summed E-state index contributed by atoms with van der Waals surface area (Å²) in [4.78, 5) is 12.7. The number of carbonyl (C=O) groups is 1. The van der Waals surface area contributed by atoms with Crippen LogP contribution in [0.4, 0.5) is 5.69 Å². The number of ether oxygens (including phenoxy) is 1. The Hall–Kier alpha value is -1.66. The molecule has 0 radical (unpaired) electrons. The Kier molecular flexibility index (Phi) is 6.35. The number of hydrogen-bond donors (Lipinski definition) is 1. The van der Waals surface area contributed by atoms with Crippen LogP contribution in [0.1, 0.15) is 17.5 Å². The van der Waals surface area contributed by atoms with Crippen molar-refractivity contribution in [3.05, 3.63) is 63.1 Å². The molecule has 0 aliphatic carbocycles. The fourth-order valence-electron chi connectivity index (χ4n) is 3.93. The third-order valence-corrected chi connectivity index (χ3v) is 7.37. The summed E-state index contributed by atoms with van der Waals surface area (Å²) in [6.07, 6.45) is 3.06. The lowest BCUT2D eigenvalue weighted by Crippen LogP contribution is -2.48. The molecule has 0 aromatic heterocycles. The molecule has 1 atom stereocenters. The van der Waals surface area contributed by atoms with Gasteiger partial charge in [-0.05, 0) is 36.1 Å². The lowest BCUT2D eigenvalue weighted by molar-refractivity contribution is -0.924. The van der Waals surface area contributed by atoms with Gasteiger partial charge in [-0.2, -0.15) is 11.8 Å². The molecule has 0 bridgehead atoms. The zero-order chi connectivity index (χ0) is 21.3. The standard InChI is InChI=1S/C23H24Cl2N2O2S/c1-27(2,20-7-8-30-14-20)12-15-3-5-19(6-4-15)26-23(28)17-9-16-10-18(24)11-21(25)22(16)29-13-17/h3-6,9-11,20H,7-8,12-14H2,1-2H3/p+1.